The first-order valence-corrected chi connectivity index (χ1v) is 14.7. The van der Waals surface area contributed by atoms with Crippen LogP contribution in [-0.2, 0) is 24.5 Å². The Hall–Kier alpha value is -2.44. The third kappa shape index (κ3) is 9.91. The SMILES string of the molecule is C=C(C)C(=O)OCC(CC)(COC(=O)C(=C)CC(CO)CO)c1ccc(C2CCC(CCCCC)CC2)cc1. The molecule has 1 fully saturated rings. The van der Waals surface area contributed by atoms with E-state index in [1.165, 1.54) is 56.9 Å². The molecule has 1 aromatic rings. The predicted molar refractivity (Wildman–Crippen MR) is 155 cm³/mol. The smallest absolute Gasteiger partial charge is 0.333 e. The van der Waals surface area contributed by atoms with Gasteiger partial charge in [0.15, 0.2) is 0 Å². The first-order chi connectivity index (χ1) is 18.7. The minimum absolute atomic E-state index is 0.00988. The number of aliphatic hydroxyl groups excluding tert-OH is 2. The summed E-state index contributed by atoms with van der Waals surface area (Å²) in [4.78, 5) is 25.0. The van der Waals surface area contributed by atoms with E-state index in [0.29, 0.717) is 17.9 Å². The molecule has 1 unspecified atom stereocenters. The van der Waals surface area contributed by atoms with Crippen molar-refractivity contribution in [3.05, 3.63) is 59.7 Å². The highest BCUT2D eigenvalue weighted by molar-refractivity contribution is 5.88. The van der Waals surface area contributed by atoms with Crippen molar-refractivity contribution in [2.24, 2.45) is 11.8 Å². The number of rotatable bonds is 17. The molecule has 0 saturated heterocycles. The quantitative estimate of drug-likeness (QED) is 0.134. The zero-order chi connectivity index (χ0) is 28.8. The van der Waals surface area contributed by atoms with Gasteiger partial charge in [0.1, 0.15) is 13.2 Å². The average Bonchev–Trinajstić information content (AvgIpc) is 2.96. The number of esters is 2. The summed E-state index contributed by atoms with van der Waals surface area (Å²) in [6, 6.07) is 8.51. The minimum atomic E-state index is -0.732. The molecule has 0 aliphatic heterocycles. The van der Waals surface area contributed by atoms with Gasteiger partial charge in [0, 0.05) is 30.3 Å². The van der Waals surface area contributed by atoms with Crippen molar-refractivity contribution < 1.29 is 29.3 Å². The van der Waals surface area contributed by atoms with Crippen molar-refractivity contribution in [1.29, 1.82) is 0 Å². The van der Waals surface area contributed by atoms with Gasteiger partial charge in [-0.05, 0) is 68.4 Å². The topological polar surface area (TPSA) is 93.1 Å². The van der Waals surface area contributed by atoms with E-state index in [-0.39, 0.29) is 38.4 Å². The Balaban J connectivity index is 2.14. The van der Waals surface area contributed by atoms with Gasteiger partial charge in [0.05, 0.1) is 5.41 Å². The number of hydrogen-bond donors (Lipinski definition) is 2. The molecular weight excluding hydrogens is 492 g/mol. The van der Waals surface area contributed by atoms with Gasteiger partial charge in [-0.3, -0.25) is 0 Å². The average molecular weight is 543 g/mol. The highest BCUT2D eigenvalue weighted by atomic mass is 16.5. The number of carbonyl (C=O) groups is 2. The van der Waals surface area contributed by atoms with Crippen LogP contribution in [0.4, 0.5) is 0 Å². The lowest BCUT2D eigenvalue weighted by molar-refractivity contribution is -0.146. The molecule has 0 bridgehead atoms. The van der Waals surface area contributed by atoms with Crippen LogP contribution in [0.25, 0.3) is 0 Å². The Morgan fingerprint density at radius 1 is 0.949 bits per heavy atom. The van der Waals surface area contributed by atoms with Gasteiger partial charge in [-0.25, -0.2) is 9.59 Å². The van der Waals surface area contributed by atoms with E-state index in [4.69, 9.17) is 9.47 Å². The molecule has 0 spiro atoms. The van der Waals surface area contributed by atoms with Crippen LogP contribution in [0, 0.1) is 11.8 Å². The van der Waals surface area contributed by atoms with Crippen LogP contribution in [-0.4, -0.2) is 48.6 Å². The van der Waals surface area contributed by atoms with Crippen molar-refractivity contribution in [2.75, 3.05) is 26.4 Å². The number of aliphatic hydroxyl groups is 2. The number of unbranched alkanes of at least 4 members (excludes halogenated alkanes) is 2. The lowest BCUT2D eigenvalue weighted by atomic mass is 9.75. The fourth-order valence-electron chi connectivity index (χ4n) is 5.44. The molecule has 6 heteroatoms. The Labute approximate surface area is 235 Å². The van der Waals surface area contributed by atoms with Gasteiger partial charge in [-0.1, -0.05) is 77.0 Å². The maximum Gasteiger partial charge on any atom is 0.333 e. The van der Waals surface area contributed by atoms with Crippen LogP contribution in [0.2, 0.25) is 0 Å². The minimum Gasteiger partial charge on any atom is -0.461 e. The van der Waals surface area contributed by atoms with Gasteiger partial charge in [0.25, 0.3) is 0 Å². The maximum absolute atomic E-state index is 12.7. The van der Waals surface area contributed by atoms with Crippen molar-refractivity contribution in [3.8, 4) is 0 Å². The van der Waals surface area contributed by atoms with Crippen LogP contribution in [0.1, 0.15) is 102 Å². The maximum atomic E-state index is 12.7. The van der Waals surface area contributed by atoms with Gasteiger partial charge in [0.2, 0.25) is 0 Å². The fraction of sp³-hybridized carbons (Fsp3) is 0.636. The zero-order valence-corrected chi connectivity index (χ0v) is 24.4. The van der Waals surface area contributed by atoms with Crippen molar-refractivity contribution in [3.63, 3.8) is 0 Å². The lowest BCUT2D eigenvalue weighted by Gasteiger charge is -2.33. The van der Waals surface area contributed by atoms with Gasteiger partial charge < -0.3 is 19.7 Å². The molecule has 1 saturated carbocycles. The number of hydrogen-bond acceptors (Lipinski definition) is 6. The molecule has 0 aromatic heterocycles. The summed E-state index contributed by atoms with van der Waals surface area (Å²) in [6.07, 6.45) is 11.0. The Bertz CT molecular complexity index is 924. The molecule has 0 radical (unpaired) electrons. The molecule has 39 heavy (non-hydrogen) atoms. The lowest BCUT2D eigenvalue weighted by Crippen LogP contribution is -2.38. The first-order valence-electron chi connectivity index (χ1n) is 14.7. The van der Waals surface area contributed by atoms with Crippen LogP contribution >= 0.6 is 0 Å². The van der Waals surface area contributed by atoms with Crippen LogP contribution in [0.15, 0.2) is 48.6 Å². The number of benzene rings is 1. The van der Waals surface area contributed by atoms with Crippen LogP contribution in [0.5, 0.6) is 0 Å². The highest BCUT2D eigenvalue weighted by Gasteiger charge is 2.35. The van der Waals surface area contributed by atoms with Crippen molar-refractivity contribution in [1.82, 2.24) is 0 Å². The van der Waals surface area contributed by atoms with Gasteiger partial charge in [-0.15, -0.1) is 0 Å². The molecule has 2 rings (SSSR count). The van der Waals surface area contributed by atoms with E-state index in [1.54, 1.807) is 6.92 Å². The number of carbonyl (C=O) groups excluding carboxylic acids is 2. The van der Waals surface area contributed by atoms with E-state index in [2.05, 4.69) is 44.3 Å². The van der Waals surface area contributed by atoms with E-state index in [0.717, 1.165) is 11.5 Å². The fourth-order valence-corrected chi connectivity index (χ4v) is 5.44. The molecule has 6 nitrogen and oxygen atoms in total. The summed E-state index contributed by atoms with van der Waals surface area (Å²) in [6.45, 7) is 12.9. The molecule has 2 N–H and O–H groups in total. The monoisotopic (exact) mass is 542 g/mol. The highest BCUT2D eigenvalue weighted by Crippen LogP contribution is 2.39. The molecule has 0 heterocycles. The molecule has 1 aliphatic carbocycles. The summed E-state index contributed by atoms with van der Waals surface area (Å²) >= 11 is 0. The molecule has 1 aliphatic rings. The Kier molecular flexibility index (Phi) is 14.0. The predicted octanol–water partition coefficient (Wildman–Crippen LogP) is 6.40. The zero-order valence-electron chi connectivity index (χ0n) is 24.4. The van der Waals surface area contributed by atoms with Gasteiger partial charge >= 0.3 is 11.9 Å². The largest absolute Gasteiger partial charge is 0.461 e. The summed E-state index contributed by atoms with van der Waals surface area (Å²) in [5.74, 6) is -0.109. The second-order valence-electron chi connectivity index (χ2n) is 11.4. The third-order valence-electron chi connectivity index (χ3n) is 8.38. The molecule has 218 valence electrons. The van der Waals surface area contributed by atoms with Crippen LogP contribution < -0.4 is 0 Å². The summed E-state index contributed by atoms with van der Waals surface area (Å²) in [7, 11) is 0. The van der Waals surface area contributed by atoms with E-state index in [9.17, 15) is 19.8 Å². The van der Waals surface area contributed by atoms with E-state index in [1.807, 2.05) is 6.92 Å². The second-order valence-corrected chi connectivity index (χ2v) is 11.4. The molecule has 1 aromatic carbocycles. The number of ether oxygens (including phenoxy) is 2. The first kappa shape index (κ1) is 32.8. The third-order valence-corrected chi connectivity index (χ3v) is 8.38. The van der Waals surface area contributed by atoms with E-state index >= 15 is 0 Å². The second kappa shape index (κ2) is 16.6. The molecule has 0 amide bonds. The normalized spacial score (nSPS) is 18.8. The summed E-state index contributed by atoms with van der Waals surface area (Å²) in [5, 5.41) is 18.7. The Morgan fingerprint density at radius 2 is 1.54 bits per heavy atom. The standard InChI is InChI=1S/C33H50O6/c1-6-8-9-10-26-11-13-28(14-12-26)29-15-17-30(18-16-29)33(7-2,22-38-31(36)24(3)4)23-39-32(37)25(5)19-27(20-34)21-35/h15-18,26-28,34-35H,3,5-14,19-23H2,1-2,4H3. The molecule has 1 atom stereocenters. The van der Waals surface area contributed by atoms with Crippen LogP contribution in [0.3, 0.4) is 0 Å². The van der Waals surface area contributed by atoms with Gasteiger partial charge in [-0.2, -0.15) is 0 Å². The van der Waals surface area contributed by atoms with Crippen molar-refractivity contribution in [2.45, 2.75) is 96.3 Å². The van der Waals surface area contributed by atoms with Crippen molar-refractivity contribution >= 4 is 11.9 Å². The van der Waals surface area contributed by atoms with E-state index < -0.39 is 23.3 Å². The molecular formula is C33H50O6. The summed E-state index contributed by atoms with van der Waals surface area (Å²) in [5.41, 5.74) is 2.04. The summed E-state index contributed by atoms with van der Waals surface area (Å²) < 4.78 is 11.3. The Morgan fingerprint density at radius 3 is 2.05 bits per heavy atom.